The van der Waals surface area contributed by atoms with Crippen LogP contribution in [0, 0.1) is 6.92 Å². The molecule has 0 bridgehead atoms. The fourth-order valence-corrected chi connectivity index (χ4v) is 2.09. The van der Waals surface area contributed by atoms with Gasteiger partial charge in [0.25, 0.3) is 0 Å². The van der Waals surface area contributed by atoms with Gasteiger partial charge in [-0.1, -0.05) is 18.2 Å². The van der Waals surface area contributed by atoms with Crippen molar-refractivity contribution in [3.05, 3.63) is 59.4 Å². The van der Waals surface area contributed by atoms with E-state index in [1.54, 1.807) is 0 Å². The first-order valence-corrected chi connectivity index (χ1v) is 6.27. The molecule has 0 saturated carbocycles. The number of hydrogen-bond acceptors (Lipinski definition) is 4. The minimum absolute atomic E-state index is 0.0383. The highest BCUT2D eigenvalue weighted by molar-refractivity contribution is 5.47. The van der Waals surface area contributed by atoms with Gasteiger partial charge in [0, 0.05) is 32.2 Å². The predicted molar refractivity (Wildman–Crippen MR) is 78.9 cm³/mol. The Balaban J connectivity index is 2.31. The third kappa shape index (κ3) is 3.10. The first-order valence-electron chi connectivity index (χ1n) is 6.27. The van der Waals surface area contributed by atoms with Crippen molar-refractivity contribution in [1.82, 2.24) is 10.4 Å². The van der Waals surface area contributed by atoms with E-state index in [2.05, 4.69) is 45.6 Å². The number of aromatic nitrogens is 1. The van der Waals surface area contributed by atoms with Crippen LogP contribution in [0.15, 0.2) is 42.7 Å². The number of rotatable bonds is 4. The number of pyridine rings is 1. The first-order chi connectivity index (χ1) is 9.11. The standard InChI is InChI=1S/C15H20N4/c1-11-8-13(10-17-9-11)15(18-16)12-4-6-14(7-5-12)19(2)3/h4-10,15,18H,16H2,1-3H3. The summed E-state index contributed by atoms with van der Waals surface area (Å²) in [5, 5.41) is 0. The molecule has 0 spiro atoms. The molecule has 0 aliphatic heterocycles. The number of nitrogens with one attached hydrogen (secondary N) is 1. The quantitative estimate of drug-likeness (QED) is 0.649. The Labute approximate surface area is 114 Å². The number of hydrogen-bond donors (Lipinski definition) is 2. The normalized spacial score (nSPS) is 12.2. The molecule has 2 aromatic rings. The van der Waals surface area contributed by atoms with Crippen LogP contribution in [0.3, 0.4) is 0 Å². The minimum Gasteiger partial charge on any atom is -0.378 e. The van der Waals surface area contributed by atoms with Gasteiger partial charge in [-0.25, -0.2) is 5.43 Å². The number of hydrazine groups is 1. The zero-order chi connectivity index (χ0) is 13.8. The number of aryl methyl sites for hydroxylation is 1. The highest BCUT2D eigenvalue weighted by atomic mass is 15.2. The fourth-order valence-electron chi connectivity index (χ4n) is 2.09. The van der Waals surface area contributed by atoms with E-state index in [0.29, 0.717) is 0 Å². The van der Waals surface area contributed by atoms with Crippen molar-refractivity contribution in [3.63, 3.8) is 0 Å². The molecular formula is C15H20N4. The lowest BCUT2D eigenvalue weighted by molar-refractivity contribution is 0.634. The lowest BCUT2D eigenvalue weighted by Crippen LogP contribution is -2.29. The van der Waals surface area contributed by atoms with Crippen LogP contribution in [-0.2, 0) is 0 Å². The molecule has 3 N–H and O–H groups in total. The smallest absolute Gasteiger partial charge is 0.0725 e. The van der Waals surface area contributed by atoms with Gasteiger partial charge >= 0.3 is 0 Å². The van der Waals surface area contributed by atoms with E-state index >= 15 is 0 Å². The monoisotopic (exact) mass is 256 g/mol. The van der Waals surface area contributed by atoms with E-state index < -0.39 is 0 Å². The summed E-state index contributed by atoms with van der Waals surface area (Å²) in [6.07, 6.45) is 3.68. The second kappa shape index (κ2) is 5.82. The molecule has 4 nitrogen and oxygen atoms in total. The van der Waals surface area contributed by atoms with Gasteiger partial charge in [0.1, 0.15) is 0 Å². The average Bonchev–Trinajstić information content (AvgIpc) is 2.40. The topological polar surface area (TPSA) is 54.2 Å². The number of nitrogens with two attached hydrogens (primary N) is 1. The van der Waals surface area contributed by atoms with Crippen LogP contribution in [0.2, 0.25) is 0 Å². The number of benzene rings is 1. The molecule has 1 heterocycles. The zero-order valence-electron chi connectivity index (χ0n) is 11.6. The summed E-state index contributed by atoms with van der Waals surface area (Å²) in [6, 6.07) is 10.4. The Bertz CT molecular complexity index is 534. The molecule has 0 saturated heterocycles. The van der Waals surface area contributed by atoms with Crippen molar-refractivity contribution < 1.29 is 0 Å². The van der Waals surface area contributed by atoms with E-state index in [9.17, 15) is 0 Å². The highest BCUT2D eigenvalue weighted by Crippen LogP contribution is 2.23. The summed E-state index contributed by atoms with van der Waals surface area (Å²) >= 11 is 0. The molecule has 0 fully saturated rings. The van der Waals surface area contributed by atoms with E-state index in [1.807, 2.05) is 33.4 Å². The fraction of sp³-hybridized carbons (Fsp3) is 0.267. The van der Waals surface area contributed by atoms with Gasteiger partial charge in [-0.2, -0.15) is 0 Å². The molecule has 0 aliphatic rings. The van der Waals surface area contributed by atoms with Gasteiger partial charge < -0.3 is 4.90 Å². The van der Waals surface area contributed by atoms with Gasteiger partial charge in [0.05, 0.1) is 6.04 Å². The number of anilines is 1. The van der Waals surface area contributed by atoms with Crippen molar-refractivity contribution in [3.8, 4) is 0 Å². The van der Waals surface area contributed by atoms with Crippen LogP contribution in [0.4, 0.5) is 5.69 Å². The summed E-state index contributed by atoms with van der Waals surface area (Å²) in [7, 11) is 4.05. The van der Waals surface area contributed by atoms with Gasteiger partial charge in [0.2, 0.25) is 0 Å². The van der Waals surface area contributed by atoms with Crippen LogP contribution in [0.1, 0.15) is 22.7 Å². The van der Waals surface area contributed by atoms with Crippen LogP contribution in [-0.4, -0.2) is 19.1 Å². The van der Waals surface area contributed by atoms with Crippen LogP contribution in [0.25, 0.3) is 0 Å². The summed E-state index contributed by atoms with van der Waals surface area (Å²) in [5.74, 6) is 5.70. The first kappa shape index (κ1) is 13.5. The van der Waals surface area contributed by atoms with Crippen LogP contribution >= 0.6 is 0 Å². The summed E-state index contributed by atoms with van der Waals surface area (Å²) in [5.41, 5.74) is 7.35. The zero-order valence-corrected chi connectivity index (χ0v) is 11.6. The predicted octanol–water partition coefficient (Wildman–Crippen LogP) is 2.01. The Morgan fingerprint density at radius 1 is 1.11 bits per heavy atom. The Hall–Kier alpha value is -1.91. The Morgan fingerprint density at radius 3 is 2.32 bits per heavy atom. The van der Waals surface area contributed by atoms with Gasteiger partial charge in [-0.3, -0.25) is 10.8 Å². The van der Waals surface area contributed by atoms with Crippen molar-refractivity contribution in [1.29, 1.82) is 0 Å². The Kier molecular flexibility index (Phi) is 4.14. The van der Waals surface area contributed by atoms with E-state index in [4.69, 9.17) is 5.84 Å². The molecule has 2 rings (SSSR count). The molecule has 1 aromatic carbocycles. The number of nitrogens with zero attached hydrogens (tertiary/aromatic N) is 2. The van der Waals surface area contributed by atoms with E-state index in [-0.39, 0.29) is 6.04 Å². The maximum atomic E-state index is 5.70. The Morgan fingerprint density at radius 2 is 1.79 bits per heavy atom. The second-order valence-corrected chi connectivity index (χ2v) is 4.88. The lowest BCUT2D eigenvalue weighted by atomic mass is 9.99. The van der Waals surface area contributed by atoms with Crippen LogP contribution < -0.4 is 16.2 Å². The van der Waals surface area contributed by atoms with Crippen LogP contribution in [0.5, 0.6) is 0 Å². The molecule has 19 heavy (non-hydrogen) atoms. The largest absolute Gasteiger partial charge is 0.378 e. The molecule has 0 amide bonds. The van der Waals surface area contributed by atoms with Crippen molar-refractivity contribution in [2.45, 2.75) is 13.0 Å². The molecular weight excluding hydrogens is 236 g/mol. The highest BCUT2D eigenvalue weighted by Gasteiger charge is 2.12. The average molecular weight is 256 g/mol. The van der Waals surface area contributed by atoms with Crippen molar-refractivity contribution in [2.24, 2.45) is 5.84 Å². The molecule has 1 unspecified atom stereocenters. The van der Waals surface area contributed by atoms with Crippen molar-refractivity contribution >= 4 is 5.69 Å². The lowest BCUT2D eigenvalue weighted by Gasteiger charge is -2.19. The third-order valence-electron chi connectivity index (χ3n) is 3.14. The van der Waals surface area contributed by atoms with Gasteiger partial charge in [-0.05, 0) is 35.7 Å². The third-order valence-corrected chi connectivity index (χ3v) is 3.14. The van der Waals surface area contributed by atoms with E-state index in [1.165, 1.54) is 5.69 Å². The molecule has 1 aromatic heterocycles. The van der Waals surface area contributed by atoms with Crippen molar-refractivity contribution in [2.75, 3.05) is 19.0 Å². The van der Waals surface area contributed by atoms with E-state index in [0.717, 1.165) is 16.7 Å². The maximum Gasteiger partial charge on any atom is 0.0725 e. The summed E-state index contributed by atoms with van der Waals surface area (Å²) in [6.45, 7) is 2.03. The molecule has 0 radical (unpaired) electrons. The molecule has 1 atom stereocenters. The maximum absolute atomic E-state index is 5.70. The molecule has 0 aliphatic carbocycles. The summed E-state index contributed by atoms with van der Waals surface area (Å²) < 4.78 is 0. The molecule has 4 heteroatoms. The minimum atomic E-state index is -0.0383. The SMILES string of the molecule is Cc1cncc(C(NN)c2ccc(N(C)C)cc2)c1. The van der Waals surface area contributed by atoms with Gasteiger partial charge in [0.15, 0.2) is 0 Å². The summed E-state index contributed by atoms with van der Waals surface area (Å²) in [4.78, 5) is 6.29. The molecule has 100 valence electrons. The second-order valence-electron chi connectivity index (χ2n) is 4.88. The van der Waals surface area contributed by atoms with Gasteiger partial charge in [-0.15, -0.1) is 0 Å².